The van der Waals surface area contributed by atoms with E-state index in [1.54, 1.807) is 6.07 Å². The van der Waals surface area contributed by atoms with Crippen LogP contribution in [-0.4, -0.2) is 32.1 Å². The quantitative estimate of drug-likeness (QED) is 0.600. The summed E-state index contributed by atoms with van der Waals surface area (Å²) in [7, 11) is 2.94. The second kappa shape index (κ2) is 7.59. The standard InChI is InChI=1S/C18H17FO5/c1-11(17(20)12-4-7-14(19)8-5-12)24-18(21)13-6-9-15(22-2)16(10-13)23-3/h4-11H,1-3H3/t11-/m1/s1. The number of esters is 1. The smallest absolute Gasteiger partial charge is 0.338 e. The summed E-state index contributed by atoms with van der Waals surface area (Å²) >= 11 is 0. The molecule has 0 radical (unpaired) electrons. The van der Waals surface area contributed by atoms with Crippen LogP contribution in [0.5, 0.6) is 11.5 Å². The van der Waals surface area contributed by atoms with Gasteiger partial charge >= 0.3 is 5.97 Å². The first-order valence-corrected chi connectivity index (χ1v) is 7.19. The number of ketones is 1. The largest absolute Gasteiger partial charge is 0.493 e. The SMILES string of the molecule is COc1ccc(C(=O)O[C@H](C)C(=O)c2ccc(F)cc2)cc1OC. The molecule has 1 atom stereocenters. The maximum absolute atomic E-state index is 12.9. The number of hydrogen-bond donors (Lipinski definition) is 0. The van der Waals surface area contributed by atoms with Crippen molar-refractivity contribution in [1.29, 1.82) is 0 Å². The van der Waals surface area contributed by atoms with Crippen molar-refractivity contribution in [1.82, 2.24) is 0 Å². The molecule has 0 saturated heterocycles. The topological polar surface area (TPSA) is 61.8 Å². The van der Waals surface area contributed by atoms with Gasteiger partial charge in [-0.15, -0.1) is 0 Å². The van der Waals surface area contributed by atoms with Crippen molar-refractivity contribution < 1.29 is 28.2 Å². The number of hydrogen-bond acceptors (Lipinski definition) is 5. The fraction of sp³-hybridized carbons (Fsp3) is 0.222. The highest BCUT2D eigenvalue weighted by Crippen LogP contribution is 2.28. The molecule has 5 nitrogen and oxygen atoms in total. The number of halogens is 1. The Kier molecular flexibility index (Phi) is 5.52. The minimum Gasteiger partial charge on any atom is -0.493 e. The van der Waals surface area contributed by atoms with Crippen LogP contribution in [0.25, 0.3) is 0 Å². The van der Waals surface area contributed by atoms with E-state index in [0.29, 0.717) is 11.5 Å². The molecule has 126 valence electrons. The summed E-state index contributed by atoms with van der Waals surface area (Å²) < 4.78 is 28.3. The summed E-state index contributed by atoms with van der Waals surface area (Å²) in [5.41, 5.74) is 0.496. The highest BCUT2D eigenvalue weighted by molar-refractivity contribution is 6.01. The van der Waals surface area contributed by atoms with Crippen LogP contribution in [0, 0.1) is 5.82 Å². The minimum absolute atomic E-state index is 0.228. The number of ether oxygens (including phenoxy) is 3. The van der Waals surface area contributed by atoms with E-state index in [2.05, 4.69) is 0 Å². The van der Waals surface area contributed by atoms with E-state index in [1.807, 2.05) is 0 Å². The highest BCUT2D eigenvalue weighted by atomic mass is 19.1. The van der Waals surface area contributed by atoms with Crippen LogP contribution >= 0.6 is 0 Å². The van der Waals surface area contributed by atoms with Crippen molar-refractivity contribution >= 4 is 11.8 Å². The second-order valence-electron chi connectivity index (χ2n) is 4.99. The normalized spacial score (nSPS) is 11.5. The average Bonchev–Trinajstić information content (AvgIpc) is 2.60. The highest BCUT2D eigenvalue weighted by Gasteiger charge is 2.21. The van der Waals surface area contributed by atoms with Crippen LogP contribution in [-0.2, 0) is 4.74 Å². The Bertz CT molecular complexity index is 740. The van der Waals surface area contributed by atoms with E-state index in [-0.39, 0.29) is 11.1 Å². The first-order chi connectivity index (χ1) is 11.5. The molecule has 0 aliphatic carbocycles. The summed E-state index contributed by atoms with van der Waals surface area (Å²) in [6.45, 7) is 1.46. The van der Waals surface area contributed by atoms with Gasteiger partial charge in [-0.2, -0.15) is 0 Å². The monoisotopic (exact) mass is 332 g/mol. The molecular formula is C18H17FO5. The van der Waals surface area contributed by atoms with Gasteiger partial charge < -0.3 is 14.2 Å². The van der Waals surface area contributed by atoms with E-state index < -0.39 is 23.7 Å². The Morgan fingerprint density at radius 3 is 2.08 bits per heavy atom. The number of carbonyl (C=O) groups is 2. The molecule has 0 heterocycles. The van der Waals surface area contributed by atoms with Gasteiger partial charge in [0.2, 0.25) is 5.78 Å². The van der Waals surface area contributed by atoms with Gasteiger partial charge in [-0.05, 0) is 49.4 Å². The molecule has 24 heavy (non-hydrogen) atoms. The fourth-order valence-corrected chi connectivity index (χ4v) is 2.09. The summed E-state index contributed by atoms with van der Waals surface area (Å²) in [4.78, 5) is 24.4. The molecule has 0 aromatic heterocycles. The zero-order valence-corrected chi connectivity index (χ0v) is 13.5. The molecule has 0 amide bonds. The maximum atomic E-state index is 12.9. The van der Waals surface area contributed by atoms with Crippen molar-refractivity contribution in [3.63, 3.8) is 0 Å². The molecule has 0 aliphatic rings. The van der Waals surface area contributed by atoms with Crippen LogP contribution in [0.3, 0.4) is 0 Å². The van der Waals surface area contributed by atoms with Gasteiger partial charge in [-0.25, -0.2) is 9.18 Å². The molecule has 0 aliphatic heterocycles. The lowest BCUT2D eigenvalue weighted by molar-refractivity contribution is 0.0318. The third-order valence-corrected chi connectivity index (χ3v) is 3.40. The Labute approximate surface area is 139 Å². The zero-order chi connectivity index (χ0) is 17.7. The maximum Gasteiger partial charge on any atom is 0.338 e. The lowest BCUT2D eigenvalue weighted by Gasteiger charge is -2.13. The van der Waals surface area contributed by atoms with Crippen molar-refractivity contribution in [3.8, 4) is 11.5 Å². The Hall–Kier alpha value is -2.89. The molecule has 6 heteroatoms. The molecule has 0 fully saturated rings. The van der Waals surface area contributed by atoms with Gasteiger partial charge in [0.1, 0.15) is 5.82 Å². The van der Waals surface area contributed by atoms with Crippen LogP contribution in [0.15, 0.2) is 42.5 Å². The predicted molar refractivity (Wildman–Crippen MR) is 85.2 cm³/mol. The van der Waals surface area contributed by atoms with Gasteiger partial charge in [0, 0.05) is 5.56 Å². The van der Waals surface area contributed by atoms with E-state index >= 15 is 0 Å². The lowest BCUT2D eigenvalue weighted by Crippen LogP contribution is -2.24. The van der Waals surface area contributed by atoms with Crippen LogP contribution in [0.4, 0.5) is 4.39 Å². The molecule has 2 aromatic carbocycles. The van der Waals surface area contributed by atoms with E-state index in [0.717, 1.165) is 0 Å². The number of Topliss-reactive ketones (excluding diaryl/α,β-unsaturated/α-hetero) is 1. The summed E-state index contributed by atoms with van der Waals surface area (Å²) in [5.74, 6) is -0.668. The zero-order valence-electron chi connectivity index (χ0n) is 13.5. The number of rotatable bonds is 6. The van der Waals surface area contributed by atoms with E-state index in [9.17, 15) is 14.0 Å². The molecular weight excluding hydrogens is 315 g/mol. The molecule has 0 N–H and O–H groups in total. The molecule has 0 bridgehead atoms. The first kappa shape index (κ1) is 17.5. The Balaban J connectivity index is 2.11. The van der Waals surface area contributed by atoms with Crippen molar-refractivity contribution in [2.24, 2.45) is 0 Å². The Morgan fingerprint density at radius 1 is 0.917 bits per heavy atom. The molecule has 2 aromatic rings. The summed E-state index contributed by atoms with van der Waals surface area (Å²) in [5, 5.41) is 0. The van der Waals surface area contributed by atoms with Gasteiger partial charge in [-0.1, -0.05) is 0 Å². The number of benzene rings is 2. The second-order valence-corrected chi connectivity index (χ2v) is 4.99. The van der Waals surface area contributed by atoms with Crippen LogP contribution in [0.1, 0.15) is 27.6 Å². The Morgan fingerprint density at radius 2 is 1.50 bits per heavy atom. The third kappa shape index (κ3) is 3.90. The van der Waals surface area contributed by atoms with Crippen molar-refractivity contribution in [3.05, 3.63) is 59.4 Å². The van der Waals surface area contributed by atoms with E-state index in [1.165, 1.54) is 57.5 Å². The van der Waals surface area contributed by atoms with E-state index in [4.69, 9.17) is 14.2 Å². The lowest BCUT2D eigenvalue weighted by atomic mass is 10.1. The first-order valence-electron chi connectivity index (χ1n) is 7.19. The van der Waals surface area contributed by atoms with Crippen LogP contribution in [0.2, 0.25) is 0 Å². The van der Waals surface area contributed by atoms with Gasteiger partial charge in [0.15, 0.2) is 17.6 Å². The predicted octanol–water partition coefficient (Wildman–Crippen LogP) is 3.27. The summed E-state index contributed by atoms with van der Waals surface area (Å²) in [6.07, 6.45) is -1.00. The molecule has 0 saturated carbocycles. The minimum atomic E-state index is -1.00. The van der Waals surface area contributed by atoms with Crippen molar-refractivity contribution in [2.75, 3.05) is 14.2 Å². The average molecular weight is 332 g/mol. The van der Waals surface area contributed by atoms with Gasteiger partial charge in [0.05, 0.1) is 19.8 Å². The fourth-order valence-electron chi connectivity index (χ4n) is 2.09. The molecule has 2 rings (SSSR count). The number of carbonyl (C=O) groups excluding carboxylic acids is 2. The van der Waals surface area contributed by atoms with Crippen molar-refractivity contribution in [2.45, 2.75) is 13.0 Å². The molecule has 0 spiro atoms. The summed E-state index contributed by atoms with van der Waals surface area (Å²) in [6, 6.07) is 9.60. The number of methoxy groups -OCH3 is 2. The third-order valence-electron chi connectivity index (χ3n) is 3.40. The van der Waals surface area contributed by atoms with Crippen LogP contribution < -0.4 is 9.47 Å². The van der Waals surface area contributed by atoms with Gasteiger partial charge in [0.25, 0.3) is 0 Å². The van der Waals surface area contributed by atoms with Gasteiger partial charge in [-0.3, -0.25) is 4.79 Å². The molecule has 0 unspecified atom stereocenters.